The number of anilines is 1. The van der Waals surface area contributed by atoms with Crippen molar-refractivity contribution in [1.82, 2.24) is 20.1 Å². The normalized spacial score (nSPS) is 17.7. The molecule has 8 heteroatoms. The molecule has 23 heavy (non-hydrogen) atoms. The number of methoxy groups -OCH3 is 1. The van der Waals surface area contributed by atoms with Crippen LogP contribution in [0.25, 0.3) is 0 Å². The monoisotopic (exact) mass is 339 g/mol. The van der Waals surface area contributed by atoms with Crippen molar-refractivity contribution in [2.75, 3.05) is 44.0 Å². The fourth-order valence-electron chi connectivity index (χ4n) is 2.78. The molecule has 1 saturated carbocycles. The lowest BCUT2D eigenvalue weighted by Gasteiger charge is -2.17. The van der Waals surface area contributed by atoms with Gasteiger partial charge in [-0.25, -0.2) is 0 Å². The zero-order chi connectivity index (χ0) is 16.1. The smallest absolute Gasteiger partial charge is 0.230 e. The van der Waals surface area contributed by atoms with E-state index in [2.05, 4.69) is 25.0 Å². The number of hydrogen-bond donors (Lipinski definition) is 1. The fraction of sp³-hybridized carbons (Fsp3) is 0.800. The van der Waals surface area contributed by atoms with Crippen molar-refractivity contribution in [1.29, 1.82) is 0 Å². The van der Waals surface area contributed by atoms with Gasteiger partial charge in [0.15, 0.2) is 5.16 Å². The molecule has 0 spiro atoms. The molecule has 1 aliphatic carbocycles. The Kier molecular flexibility index (Phi) is 5.77. The number of nitrogens with zero attached hydrogens (tertiary/aromatic N) is 4. The number of ether oxygens (including phenoxy) is 1. The minimum absolute atomic E-state index is 0.0409. The SMILES string of the molecule is COCCCNC(=O)CSc1nnc(N2CCCC2)n1C1CC1. The van der Waals surface area contributed by atoms with Crippen LogP contribution in [0.2, 0.25) is 0 Å². The Morgan fingerprint density at radius 1 is 1.35 bits per heavy atom. The molecule has 0 atom stereocenters. The molecular formula is C15H25N5O2S. The van der Waals surface area contributed by atoms with E-state index < -0.39 is 0 Å². The molecule has 0 aromatic carbocycles. The Bertz CT molecular complexity index is 526. The standard InChI is InChI=1S/C15H25N5O2S/c1-22-10-4-7-16-13(21)11-23-15-18-17-14(19-8-2-3-9-19)20(15)12-5-6-12/h12H,2-11H2,1H3,(H,16,21). The third-order valence-electron chi connectivity index (χ3n) is 4.13. The number of hydrogen-bond acceptors (Lipinski definition) is 6. The number of rotatable bonds is 9. The maximum absolute atomic E-state index is 11.9. The van der Waals surface area contributed by atoms with E-state index in [-0.39, 0.29) is 5.91 Å². The van der Waals surface area contributed by atoms with Crippen molar-refractivity contribution < 1.29 is 9.53 Å². The van der Waals surface area contributed by atoms with Gasteiger partial charge in [0, 0.05) is 39.4 Å². The van der Waals surface area contributed by atoms with Crippen LogP contribution in [0.15, 0.2) is 5.16 Å². The number of aromatic nitrogens is 3. The maximum Gasteiger partial charge on any atom is 0.230 e. The van der Waals surface area contributed by atoms with E-state index in [4.69, 9.17) is 4.74 Å². The summed E-state index contributed by atoms with van der Waals surface area (Å²) in [5.41, 5.74) is 0. The minimum Gasteiger partial charge on any atom is -0.385 e. The van der Waals surface area contributed by atoms with Gasteiger partial charge in [-0.2, -0.15) is 0 Å². The topological polar surface area (TPSA) is 72.3 Å². The van der Waals surface area contributed by atoms with Gasteiger partial charge in [-0.05, 0) is 32.1 Å². The quantitative estimate of drug-likeness (QED) is 0.542. The lowest BCUT2D eigenvalue weighted by molar-refractivity contribution is -0.118. The molecule has 1 aromatic heterocycles. The largest absolute Gasteiger partial charge is 0.385 e. The summed E-state index contributed by atoms with van der Waals surface area (Å²) in [5, 5.41) is 12.5. The fourth-order valence-corrected chi connectivity index (χ4v) is 3.61. The molecule has 1 amide bonds. The molecule has 2 fully saturated rings. The average molecular weight is 339 g/mol. The van der Waals surface area contributed by atoms with E-state index in [9.17, 15) is 4.79 Å². The van der Waals surface area contributed by atoms with Gasteiger partial charge in [-0.3, -0.25) is 9.36 Å². The van der Waals surface area contributed by atoms with Crippen molar-refractivity contribution >= 4 is 23.6 Å². The van der Waals surface area contributed by atoms with Crippen LogP contribution >= 0.6 is 11.8 Å². The van der Waals surface area contributed by atoms with Gasteiger partial charge in [0.05, 0.1) is 5.75 Å². The van der Waals surface area contributed by atoms with Gasteiger partial charge in [0.1, 0.15) is 0 Å². The average Bonchev–Trinajstić information content (AvgIpc) is 3.09. The molecule has 0 unspecified atom stereocenters. The van der Waals surface area contributed by atoms with Crippen molar-refractivity contribution in [2.24, 2.45) is 0 Å². The third kappa shape index (κ3) is 4.38. The van der Waals surface area contributed by atoms with E-state index in [0.29, 0.717) is 24.9 Å². The van der Waals surface area contributed by atoms with E-state index >= 15 is 0 Å². The van der Waals surface area contributed by atoms with Crippen molar-refractivity contribution in [3.8, 4) is 0 Å². The van der Waals surface area contributed by atoms with Crippen LogP contribution in [0, 0.1) is 0 Å². The molecule has 1 aromatic rings. The second kappa shape index (κ2) is 8.01. The molecule has 3 rings (SSSR count). The van der Waals surface area contributed by atoms with E-state index in [1.165, 1.54) is 37.4 Å². The molecular weight excluding hydrogens is 314 g/mol. The van der Waals surface area contributed by atoms with Crippen LogP contribution in [-0.4, -0.2) is 59.8 Å². The number of carbonyl (C=O) groups is 1. The highest BCUT2D eigenvalue weighted by atomic mass is 32.2. The summed E-state index contributed by atoms with van der Waals surface area (Å²) < 4.78 is 7.21. The van der Waals surface area contributed by atoms with Gasteiger partial charge < -0.3 is 15.0 Å². The number of carbonyl (C=O) groups excluding carboxylic acids is 1. The van der Waals surface area contributed by atoms with Crippen LogP contribution in [-0.2, 0) is 9.53 Å². The Labute approximate surface area is 141 Å². The molecule has 128 valence electrons. The highest BCUT2D eigenvalue weighted by molar-refractivity contribution is 7.99. The van der Waals surface area contributed by atoms with Crippen LogP contribution in [0.5, 0.6) is 0 Å². The minimum atomic E-state index is 0.0409. The lowest BCUT2D eigenvalue weighted by atomic mass is 10.4. The van der Waals surface area contributed by atoms with Crippen LogP contribution in [0.3, 0.4) is 0 Å². The third-order valence-corrected chi connectivity index (χ3v) is 5.07. The van der Waals surface area contributed by atoms with Crippen LogP contribution < -0.4 is 10.2 Å². The lowest BCUT2D eigenvalue weighted by Crippen LogP contribution is -2.27. The summed E-state index contributed by atoms with van der Waals surface area (Å²) >= 11 is 1.49. The molecule has 1 N–H and O–H groups in total. The molecule has 1 saturated heterocycles. The first-order chi connectivity index (χ1) is 11.3. The molecule has 0 radical (unpaired) electrons. The second-order valence-electron chi connectivity index (χ2n) is 6.06. The van der Waals surface area contributed by atoms with Crippen LogP contribution in [0.4, 0.5) is 5.95 Å². The second-order valence-corrected chi connectivity index (χ2v) is 7.01. The van der Waals surface area contributed by atoms with E-state index in [1.807, 2.05) is 0 Å². The summed E-state index contributed by atoms with van der Waals surface area (Å²) in [7, 11) is 1.67. The number of nitrogens with one attached hydrogen (secondary N) is 1. The summed E-state index contributed by atoms with van der Waals surface area (Å²) in [6, 6.07) is 0.521. The first-order valence-electron chi connectivity index (χ1n) is 8.38. The van der Waals surface area contributed by atoms with Crippen LogP contribution in [0.1, 0.15) is 38.1 Å². The predicted molar refractivity (Wildman–Crippen MR) is 90.0 cm³/mol. The molecule has 2 heterocycles. The molecule has 1 aliphatic heterocycles. The van der Waals surface area contributed by atoms with E-state index in [1.54, 1.807) is 7.11 Å². The van der Waals surface area contributed by atoms with Gasteiger partial charge in [-0.1, -0.05) is 11.8 Å². The Balaban J connectivity index is 1.54. The maximum atomic E-state index is 11.9. The first-order valence-corrected chi connectivity index (χ1v) is 9.36. The van der Waals surface area contributed by atoms with Gasteiger partial charge in [0.25, 0.3) is 0 Å². The summed E-state index contributed by atoms with van der Waals surface area (Å²) in [5.74, 6) is 1.42. The van der Waals surface area contributed by atoms with Crippen molar-refractivity contribution in [3.63, 3.8) is 0 Å². The number of thioether (sulfide) groups is 1. The van der Waals surface area contributed by atoms with Crippen molar-refractivity contribution in [3.05, 3.63) is 0 Å². The predicted octanol–water partition coefficient (Wildman–Crippen LogP) is 1.46. The summed E-state index contributed by atoms with van der Waals surface area (Å²) in [4.78, 5) is 14.2. The Hall–Kier alpha value is -1.28. The van der Waals surface area contributed by atoms with Gasteiger partial charge in [0.2, 0.25) is 11.9 Å². The molecule has 2 aliphatic rings. The zero-order valence-electron chi connectivity index (χ0n) is 13.7. The Morgan fingerprint density at radius 2 is 2.13 bits per heavy atom. The van der Waals surface area contributed by atoms with Gasteiger partial charge >= 0.3 is 0 Å². The van der Waals surface area contributed by atoms with Crippen molar-refractivity contribution in [2.45, 2.75) is 43.3 Å². The van der Waals surface area contributed by atoms with E-state index in [0.717, 1.165) is 30.6 Å². The summed E-state index contributed by atoms with van der Waals surface area (Å²) in [6.07, 6.45) is 5.67. The van der Waals surface area contributed by atoms with Gasteiger partial charge in [-0.15, -0.1) is 10.2 Å². The Morgan fingerprint density at radius 3 is 2.83 bits per heavy atom. The molecule has 7 nitrogen and oxygen atoms in total. The first kappa shape index (κ1) is 16.6. The number of amides is 1. The molecule has 0 bridgehead atoms. The highest BCUT2D eigenvalue weighted by Crippen LogP contribution is 2.41. The zero-order valence-corrected chi connectivity index (χ0v) is 14.5. The highest BCUT2D eigenvalue weighted by Gasteiger charge is 2.32. The summed E-state index contributed by atoms with van der Waals surface area (Å²) in [6.45, 7) is 3.45.